The van der Waals surface area contributed by atoms with Crippen molar-refractivity contribution in [3.8, 4) is 0 Å². The Bertz CT molecular complexity index is 227. The number of halogens is 1. The predicted octanol–water partition coefficient (Wildman–Crippen LogP) is 1.24. The van der Waals surface area contributed by atoms with E-state index in [1.165, 1.54) is 12.8 Å². The van der Waals surface area contributed by atoms with E-state index in [1.807, 2.05) is 0 Å². The van der Waals surface area contributed by atoms with Gasteiger partial charge in [-0.25, -0.2) is 0 Å². The molecule has 2 fully saturated rings. The van der Waals surface area contributed by atoms with Crippen LogP contribution in [0, 0.1) is 0 Å². The van der Waals surface area contributed by atoms with Gasteiger partial charge in [-0.3, -0.25) is 4.79 Å². The molecule has 2 N–H and O–H groups in total. The molecule has 0 spiro atoms. The molecule has 1 unspecified atom stereocenters. The fraction of sp³-hybridized carbons (Fsp3) is 0.917. The van der Waals surface area contributed by atoms with Crippen LogP contribution in [0.25, 0.3) is 0 Å². The Labute approximate surface area is 109 Å². The minimum Gasteiger partial charge on any atom is -0.368 e. The van der Waals surface area contributed by atoms with Gasteiger partial charge in [0.2, 0.25) is 5.91 Å². The first-order valence-corrected chi connectivity index (χ1v) is 6.49. The van der Waals surface area contributed by atoms with Crippen LogP contribution >= 0.6 is 12.4 Å². The number of carbonyl (C=O) groups is 1. The Morgan fingerprint density at radius 2 is 2.18 bits per heavy atom. The van der Waals surface area contributed by atoms with Crippen LogP contribution in [0.2, 0.25) is 0 Å². The first-order valence-electron chi connectivity index (χ1n) is 6.49. The lowest BCUT2D eigenvalue weighted by Gasteiger charge is -2.22. The SMILES string of the molecule is Cl.O=C(NCC[C@H]1CCCN1)C1CCCCO1. The van der Waals surface area contributed by atoms with Crippen molar-refractivity contribution >= 4 is 18.3 Å². The number of hydrogen-bond donors (Lipinski definition) is 2. The summed E-state index contributed by atoms with van der Waals surface area (Å²) in [5, 5.41) is 6.40. The average molecular weight is 263 g/mol. The zero-order chi connectivity index (χ0) is 11.2. The van der Waals surface area contributed by atoms with Crippen LogP contribution in [-0.4, -0.2) is 37.7 Å². The lowest BCUT2D eigenvalue weighted by Crippen LogP contribution is -2.40. The lowest BCUT2D eigenvalue weighted by molar-refractivity contribution is -0.135. The van der Waals surface area contributed by atoms with Crippen LogP contribution in [0.4, 0.5) is 0 Å². The van der Waals surface area contributed by atoms with Crippen molar-refractivity contribution in [2.45, 2.75) is 50.7 Å². The van der Waals surface area contributed by atoms with E-state index in [-0.39, 0.29) is 24.4 Å². The minimum atomic E-state index is -0.190. The molecule has 5 heteroatoms. The van der Waals surface area contributed by atoms with Gasteiger partial charge in [-0.15, -0.1) is 12.4 Å². The van der Waals surface area contributed by atoms with Crippen molar-refractivity contribution in [2.75, 3.05) is 19.7 Å². The molecule has 100 valence electrons. The van der Waals surface area contributed by atoms with Crippen molar-refractivity contribution in [2.24, 2.45) is 0 Å². The largest absolute Gasteiger partial charge is 0.368 e. The van der Waals surface area contributed by atoms with Crippen molar-refractivity contribution in [1.29, 1.82) is 0 Å². The molecule has 2 atom stereocenters. The molecule has 0 aromatic carbocycles. The summed E-state index contributed by atoms with van der Waals surface area (Å²) in [5.41, 5.74) is 0. The van der Waals surface area contributed by atoms with E-state index >= 15 is 0 Å². The lowest BCUT2D eigenvalue weighted by atomic mass is 10.1. The molecular formula is C12H23ClN2O2. The third-order valence-corrected chi connectivity index (χ3v) is 3.43. The van der Waals surface area contributed by atoms with E-state index in [2.05, 4.69) is 10.6 Å². The summed E-state index contributed by atoms with van der Waals surface area (Å²) in [5.74, 6) is 0.0812. The van der Waals surface area contributed by atoms with E-state index in [9.17, 15) is 4.79 Å². The van der Waals surface area contributed by atoms with E-state index in [4.69, 9.17) is 4.74 Å². The summed E-state index contributed by atoms with van der Waals surface area (Å²) < 4.78 is 5.43. The molecule has 0 aromatic rings. The maximum Gasteiger partial charge on any atom is 0.249 e. The Kier molecular flexibility index (Phi) is 6.85. The van der Waals surface area contributed by atoms with E-state index < -0.39 is 0 Å². The number of nitrogens with one attached hydrogen (secondary N) is 2. The second kappa shape index (κ2) is 7.90. The Hall–Kier alpha value is -0.320. The molecule has 1 amide bonds. The number of hydrogen-bond acceptors (Lipinski definition) is 3. The van der Waals surface area contributed by atoms with Crippen LogP contribution in [0.5, 0.6) is 0 Å². The molecule has 2 saturated heterocycles. The molecule has 2 aliphatic heterocycles. The van der Waals surface area contributed by atoms with Crippen LogP contribution in [-0.2, 0) is 9.53 Å². The first-order chi connectivity index (χ1) is 7.86. The second-order valence-corrected chi connectivity index (χ2v) is 4.73. The van der Waals surface area contributed by atoms with Gasteiger partial charge in [0.1, 0.15) is 6.10 Å². The van der Waals surface area contributed by atoms with Gasteiger partial charge in [-0.1, -0.05) is 0 Å². The summed E-state index contributed by atoms with van der Waals surface area (Å²) in [6.07, 6.45) is 6.45. The van der Waals surface area contributed by atoms with E-state index in [1.54, 1.807) is 0 Å². The number of ether oxygens (including phenoxy) is 1. The van der Waals surface area contributed by atoms with Gasteiger partial charge < -0.3 is 15.4 Å². The van der Waals surface area contributed by atoms with Gasteiger partial charge in [0.15, 0.2) is 0 Å². The molecule has 2 aliphatic rings. The molecule has 0 bridgehead atoms. The van der Waals surface area contributed by atoms with Gasteiger partial charge in [-0.05, 0) is 45.1 Å². The van der Waals surface area contributed by atoms with Gasteiger partial charge in [0.25, 0.3) is 0 Å². The fourth-order valence-corrected chi connectivity index (χ4v) is 2.43. The molecule has 2 rings (SSSR count). The highest BCUT2D eigenvalue weighted by Crippen LogP contribution is 2.13. The molecule has 2 heterocycles. The van der Waals surface area contributed by atoms with Gasteiger partial charge in [0.05, 0.1) is 0 Å². The summed E-state index contributed by atoms with van der Waals surface area (Å²) in [6.45, 7) is 2.64. The maximum atomic E-state index is 11.7. The Morgan fingerprint density at radius 3 is 2.82 bits per heavy atom. The standard InChI is InChI=1S/C12H22N2O2.ClH/c15-12(11-5-1-2-9-16-11)14-8-6-10-4-3-7-13-10;/h10-11,13H,1-9H2,(H,14,15);1H/t10-,11?;/m1./s1. The fourth-order valence-electron chi connectivity index (χ4n) is 2.43. The minimum absolute atomic E-state index is 0. The second-order valence-electron chi connectivity index (χ2n) is 4.73. The maximum absolute atomic E-state index is 11.7. The summed E-state index contributed by atoms with van der Waals surface area (Å²) >= 11 is 0. The highest BCUT2D eigenvalue weighted by atomic mass is 35.5. The number of amides is 1. The van der Waals surface area contributed by atoms with Gasteiger partial charge in [0, 0.05) is 19.2 Å². The molecule has 4 nitrogen and oxygen atoms in total. The summed E-state index contributed by atoms with van der Waals surface area (Å²) in [6, 6.07) is 0.604. The molecule has 0 aliphatic carbocycles. The zero-order valence-corrected chi connectivity index (χ0v) is 11.1. The average Bonchev–Trinajstić information content (AvgIpc) is 2.83. The van der Waals surface area contributed by atoms with Crippen LogP contribution < -0.4 is 10.6 Å². The smallest absolute Gasteiger partial charge is 0.249 e. The Balaban J connectivity index is 0.00000144. The number of carbonyl (C=O) groups excluding carboxylic acids is 1. The van der Waals surface area contributed by atoms with Crippen LogP contribution in [0.3, 0.4) is 0 Å². The quantitative estimate of drug-likeness (QED) is 0.802. The van der Waals surface area contributed by atoms with E-state index in [0.29, 0.717) is 6.04 Å². The normalized spacial score (nSPS) is 28.5. The number of rotatable bonds is 4. The van der Waals surface area contributed by atoms with Crippen LogP contribution in [0.1, 0.15) is 38.5 Å². The third-order valence-electron chi connectivity index (χ3n) is 3.43. The highest BCUT2D eigenvalue weighted by molar-refractivity contribution is 5.85. The summed E-state index contributed by atoms with van der Waals surface area (Å²) in [7, 11) is 0. The summed E-state index contributed by atoms with van der Waals surface area (Å²) in [4.78, 5) is 11.7. The molecule has 0 aromatic heterocycles. The molecular weight excluding hydrogens is 240 g/mol. The first kappa shape index (κ1) is 14.7. The third kappa shape index (κ3) is 4.82. The molecule has 17 heavy (non-hydrogen) atoms. The van der Waals surface area contributed by atoms with Crippen LogP contribution in [0.15, 0.2) is 0 Å². The monoisotopic (exact) mass is 262 g/mol. The van der Waals surface area contributed by atoms with E-state index in [0.717, 1.165) is 45.4 Å². The molecule has 0 radical (unpaired) electrons. The Morgan fingerprint density at radius 1 is 1.29 bits per heavy atom. The highest BCUT2D eigenvalue weighted by Gasteiger charge is 2.21. The zero-order valence-electron chi connectivity index (χ0n) is 10.2. The predicted molar refractivity (Wildman–Crippen MR) is 69.5 cm³/mol. The molecule has 0 saturated carbocycles. The topological polar surface area (TPSA) is 50.4 Å². The van der Waals surface area contributed by atoms with Crippen molar-refractivity contribution in [1.82, 2.24) is 10.6 Å². The van der Waals surface area contributed by atoms with Gasteiger partial charge in [-0.2, -0.15) is 0 Å². The van der Waals surface area contributed by atoms with Gasteiger partial charge >= 0.3 is 0 Å². The van der Waals surface area contributed by atoms with Crippen molar-refractivity contribution in [3.05, 3.63) is 0 Å². The van der Waals surface area contributed by atoms with Crippen molar-refractivity contribution in [3.63, 3.8) is 0 Å². The van der Waals surface area contributed by atoms with Crippen molar-refractivity contribution < 1.29 is 9.53 Å².